The third-order valence-corrected chi connectivity index (χ3v) is 8.92. The van der Waals surface area contributed by atoms with Crippen molar-refractivity contribution in [3.8, 4) is 11.1 Å². The number of thioether (sulfide) groups is 1. The van der Waals surface area contributed by atoms with Gasteiger partial charge >= 0.3 is 11.9 Å². The number of carboxylic acid groups (broad SMARTS) is 2. The van der Waals surface area contributed by atoms with Gasteiger partial charge in [0, 0.05) is 36.7 Å². The second-order valence-electron chi connectivity index (χ2n) is 12.2. The average molecular weight is 659 g/mol. The smallest absolute Gasteiger partial charge is 0.336 e. The van der Waals surface area contributed by atoms with E-state index in [9.17, 15) is 24.3 Å². The SMILES string of the molecule is CCCc1nc2c(C)cc(C(=O)N[C@@H](CSC(=O)C[C@H](N)C(=O)O)CC(C)C)cc2n1Cc1ccc(-c2ccccc2C(=O)O)cc1. The van der Waals surface area contributed by atoms with Gasteiger partial charge in [-0.1, -0.05) is 75.0 Å². The highest BCUT2D eigenvalue weighted by atomic mass is 32.2. The molecule has 0 saturated carbocycles. The number of hydrogen-bond acceptors (Lipinski definition) is 7. The number of carbonyl (C=O) groups is 4. The Morgan fingerprint density at radius 3 is 2.36 bits per heavy atom. The largest absolute Gasteiger partial charge is 0.480 e. The first kappa shape index (κ1) is 35.4. The van der Waals surface area contributed by atoms with Crippen molar-refractivity contribution in [3.63, 3.8) is 0 Å². The fourth-order valence-electron chi connectivity index (χ4n) is 5.58. The molecule has 0 aliphatic heterocycles. The number of nitrogens with two attached hydrogens (primary N) is 1. The van der Waals surface area contributed by atoms with Crippen LogP contribution in [0.2, 0.25) is 0 Å². The van der Waals surface area contributed by atoms with Gasteiger partial charge in [-0.25, -0.2) is 9.78 Å². The Kier molecular flexibility index (Phi) is 12.0. The second-order valence-corrected chi connectivity index (χ2v) is 13.3. The summed E-state index contributed by atoms with van der Waals surface area (Å²) in [5.74, 6) is -0.989. The number of amides is 1. The number of nitrogens with zero attached hydrogens (tertiary/aromatic N) is 2. The van der Waals surface area contributed by atoms with E-state index in [0.717, 1.165) is 58.2 Å². The molecule has 4 rings (SSSR count). The van der Waals surface area contributed by atoms with E-state index in [1.54, 1.807) is 18.2 Å². The lowest BCUT2D eigenvalue weighted by molar-refractivity contribution is -0.139. The minimum atomic E-state index is -1.25. The molecular formula is C36H42N4O6S. The summed E-state index contributed by atoms with van der Waals surface area (Å²) in [6, 6.07) is 16.9. The summed E-state index contributed by atoms with van der Waals surface area (Å²) in [5.41, 5.74) is 11.3. The van der Waals surface area contributed by atoms with E-state index in [2.05, 4.69) is 16.8 Å². The molecule has 3 aromatic carbocycles. The van der Waals surface area contributed by atoms with E-state index >= 15 is 0 Å². The van der Waals surface area contributed by atoms with Crippen LogP contribution in [-0.4, -0.2) is 60.6 Å². The van der Waals surface area contributed by atoms with Crippen LogP contribution in [0.5, 0.6) is 0 Å². The molecule has 0 saturated heterocycles. The Hall–Kier alpha value is -4.48. The number of rotatable bonds is 15. The van der Waals surface area contributed by atoms with Gasteiger partial charge in [-0.3, -0.25) is 14.4 Å². The summed E-state index contributed by atoms with van der Waals surface area (Å²) in [6.07, 6.45) is 2.02. The van der Waals surface area contributed by atoms with Crippen LogP contribution >= 0.6 is 11.8 Å². The van der Waals surface area contributed by atoms with Gasteiger partial charge in [-0.2, -0.15) is 0 Å². The number of aryl methyl sites for hydroxylation is 2. The zero-order chi connectivity index (χ0) is 34.2. The lowest BCUT2D eigenvalue weighted by Gasteiger charge is -2.20. The third-order valence-electron chi connectivity index (χ3n) is 7.86. The van der Waals surface area contributed by atoms with E-state index in [1.165, 1.54) is 0 Å². The standard InChI is InChI=1S/C36H42N4O6S/c1-5-8-31-39-33-22(4)16-25(34(42)38-26(15-21(2)3)20-47-32(41)18-29(37)36(45)46)17-30(33)40(31)19-23-11-13-24(14-12-23)27-9-6-7-10-28(27)35(43)44/h6-7,9-14,16-17,21,26,29H,5,8,15,18-20,37H2,1-4H3,(H,38,42)(H,43,44)(H,45,46)/t26-,29+/m1/s1. The lowest BCUT2D eigenvalue weighted by Crippen LogP contribution is -2.38. The fourth-order valence-corrected chi connectivity index (χ4v) is 6.49. The van der Waals surface area contributed by atoms with Crippen molar-refractivity contribution in [1.82, 2.24) is 14.9 Å². The summed E-state index contributed by atoms with van der Waals surface area (Å²) in [5, 5.41) is 21.4. The second kappa shape index (κ2) is 15.9. The van der Waals surface area contributed by atoms with E-state index in [4.69, 9.17) is 15.8 Å². The number of aliphatic carboxylic acids is 1. The Bertz CT molecular complexity index is 1770. The monoisotopic (exact) mass is 658 g/mol. The van der Waals surface area contributed by atoms with E-state index < -0.39 is 18.0 Å². The number of carboxylic acids is 2. The molecular weight excluding hydrogens is 616 g/mol. The zero-order valence-electron chi connectivity index (χ0n) is 27.2. The fraction of sp³-hybridized carbons (Fsp3) is 0.361. The van der Waals surface area contributed by atoms with Crippen LogP contribution in [0.1, 0.15) is 77.7 Å². The van der Waals surface area contributed by atoms with Gasteiger partial charge in [-0.05, 0) is 66.1 Å². The number of imidazole rings is 1. The Labute approximate surface area is 278 Å². The van der Waals surface area contributed by atoms with Gasteiger partial charge in [0.15, 0.2) is 5.12 Å². The Morgan fingerprint density at radius 1 is 1.02 bits per heavy atom. The number of fused-ring (bicyclic) bond motifs is 1. The molecule has 0 radical (unpaired) electrons. The van der Waals surface area contributed by atoms with Crippen LogP contribution < -0.4 is 11.1 Å². The van der Waals surface area contributed by atoms with E-state index in [-0.39, 0.29) is 35.0 Å². The summed E-state index contributed by atoms with van der Waals surface area (Å²) in [6.45, 7) is 8.62. The summed E-state index contributed by atoms with van der Waals surface area (Å²) >= 11 is 0.989. The van der Waals surface area contributed by atoms with Gasteiger partial charge < -0.3 is 25.8 Å². The highest BCUT2D eigenvalue weighted by Crippen LogP contribution is 2.27. The lowest BCUT2D eigenvalue weighted by atomic mass is 9.98. The molecule has 11 heteroatoms. The van der Waals surface area contributed by atoms with Crippen LogP contribution in [0.15, 0.2) is 60.7 Å². The molecule has 1 heterocycles. The van der Waals surface area contributed by atoms with Crippen LogP contribution in [0.25, 0.3) is 22.2 Å². The van der Waals surface area contributed by atoms with Crippen LogP contribution in [0.4, 0.5) is 0 Å². The molecule has 248 valence electrons. The maximum Gasteiger partial charge on any atom is 0.336 e. The van der Waals surface area contributed by atoms with E-state index in [1.807, 2.05) is 63.2 Å². The predicted molar refractivity (Wildman–Crippen MR) is 185 cm³/mol. The molecule has 10 nitrogen and oxygen atoms in total. The molecule has 47 heavy (non-hydrogen) atoms. The van der Waals surface area contributed by atoms with Crippen LogP contribution in [-0.2, 0) is 22.6 Å². The topological polar surface area (TPSA) is 165 Å². The molecule has 1 amide bonds. The maximum atomic E-state index is 13.6. The summed E-state index contributed by atoms with van der Waals surface area (Å²) in [4.78, 5) is 53.7. The highest BCUT2D eigenvalue weighted by molar-refractivity contribution is 8.13. The van der Waals surface area contributed by atoms with Gasteiger partial charge in [0.05, 0.1) is 16.6 Å². The summed E-state index contributed by atoms with van der Waals surface area (Å²) < 4.78 is 2.13. The third kappa shape index (κ3) is 9.08. The molecule has 0 bridgehead atoms. The van der Waals surface area contributed by atoms with Crippen LogP contribution in [0, 0.1) is 12.8 Å². The Balaban J connectivity index is 1.59. The van der Waals surface area contributed by atoms with Crippen molar-refractivity contribution in [3.05, 3.63) is 88.7 Å². The molecule has 5 N–H and O–H groups in total. The van der Waals surface area contributed by atoms with Gasteiger partial charge in [-0.15, -0.1) is 0 Å². The van der Waals surface area contributed by atoms with E-state index in [0.29, 0.717) is 29.8 Å². The molecule has 4 aromatic rings. The van der Waals surface area contributed by atoms with Crippen molar-refractivity contribution >= 4 is 45.8 Å². The number of benzene rings is 3. The maximum absolute atomic E-state index is 13.6. The molecule has 2 atom stereocenters. The number of aromatic nitrogens is 2. The highest BCUT2D eigenvalue weighted by Gasteiger charge is 2.22. The van der Waals surface area contributed by atoms with Crippen molar-refractivity contribution in [2.75, 3.05) is 5.75 Å². The number of carbonyl (C=O) groups excluding carboxylic acids is 2. The first-order chi connectivity index (χ1) is 22.4. The van der Waals surface area contributed by atoms with Gasteiger partial charge in [0.2, 0.25) is 0 Å². The molecule has 0 unspecified atom stereocenters. The summed E-state index contributed by atoms with van der Waals surface area (Å²) in [7, 11) is 0. The first-order valence-corrected chi connectivity index (χ1v) is 16.7. The van der Waals surface area contributed by atoms with Gasteiger partial charge in [0.25, 0.3) is 5.91 Å². The van der Waals surface area contributed by atoms with Crippen molar-refractivity contribution in [1.29, 1.82) is 0 Å². The van der Waals surface area contributed by atoms with Crippen LogP contribution in [0.3, 0.4) is 0 Å². The van der Waals surface area contributed by atoms with Crippen molar-refractivity contribution < 1.29 is 29.4 Å². The molecule has 1 aromatic heterocycles. The minimum absolute atomic E-state index is 0.246. The minimum Gasteiger partial charge on any atom is -0.480 e. The average Bonchev–Trinajstić information content (AvgIpc) is 3.37. The number of nitrogens with one attached hydrogen (secondary N) is 1. The molecule has 0 aliphatic rings. The predicted octanol–water partition coefficient (Wildman–Crippen LogP) is 5.92. The van der Waals surface area contributed by atoms with Crippen molar-refractivity contribution in [2.24, 2.45) is 11.7 Å². The quantitative estimate of drug-likeness (QED) is 0.121. The molecule has 0 aliphatic carbocycles. The van der Waals surface area contributed by atoms with Gasteiger partial charge in [0.1, 0.15) is 11.9 Å². The number of aromatic carboxylic acids is 1. The first-order valence-electron chi connectivity index (χ1n) is 15.7. The Morgan fingerprint density at radius 2 is 1.72 bits per heavy atom. The molecule has 0 spiro atoms. The zero-order valence-corrected chi connectivity index (χ0v) is 28.0. The molecule has 0 fully saturated rings. The number of hydrogen-bond donors (Lipinski definition) is 4. The normalized spacial score (nSPS) is 12.6. The van der Waals surface area contributed by atoms with Crippen molar-refractivity contribution in [2.45, 2.75) is 72.0 Å².